The van der Waals surface area contributed by atoms with Gasteiger partial charge in [-0.25, -0.2) is 8.78 Å². The Morgan fingerprint density at radius 3 is 2.41 bits per heavy atom. The highest BCUT2D eigenvalue weighted by molar-refractivity contribution is 5.84. The minimum atomic E-state index is -2.37. The number of carbonyl (C=O) groups is 1. The molecule has 2 atom stereocenters. The zero-order chi connectivity index (χ0) is 13.6. The Labute approximate surface area is 102 Å². The standard InChI is InChI=1S/C11H23F2N3O/c1-5-15-11(3,10(14)17)6-8(2)16(4)7-9(12)13/h8-9,15H,5-7H2,1-4H3,(H2,14,17). The second kappa shape index (κ2) is 6.86. The molecule has 0 spiro atoms. The third kappa shape index (κ3) is 5.41. The summed E-state index contributed by atoms with van der Waals surface area (Å²) in [6.45, 7) is 5.67. The van der Waals surface area contributed by atoms with E-state index in [4.69, 9.17) is 5.73 Å². The molecule has 0 fully saturated rings. The van der Waals surface area contributed by atoms with E-state index >= 15 is 0 Å². The van der Waals surface area contributed by atoms with Crippen LogP contribution in [0.1, 0.15) is 27.2 Å². The molecule has 4 nitrogen and oxygen atoms in total. The first-order chi connectivity index (χ1) is 7.73. The van der Waals surface area contributed by atoms with Gasteiger partial charge in [0.25, 0.3) is 6.43 Å². The molecule has 0 radical (unpaired) electrons. The van der Waals surface area contributed by atoms with Crippen LogP contribution in [0.15, 0.2) is 0 Å². The highest BCUT2D eigenvalue weighted by atomic mass is 19.3. The van der Waals surface area contributed by atoms with Crippen molar-refractivity contribution in [2.45, 2.75) is 45.2 Å². The number of alkyl halides is 2. The SMILES string of the molecule is CCNC(C)(CC(C)N(C)CC(F)F)C(N)=O. The number of hydrogen-bond donors (Lipinski definition) is 2. The van der Waals surface area contributed by atoms with E-state index in [-0.39, 0.29) is 12.6 Å². The second-order valence-corrected chi connectivity index (χ2v) is 4.61. The summed E-state index contributed by atoms with van der Waals surface area (Å²) < 4.78 is 24.5. The van der Waals surface area contributed by atoms with E-state index in [9.17, 15) is 13.6 Å². The summed E-state index contributed by atoms with van der Waals surface area (Å²) in [5.41, 5.74) is 4.48. The van der Waals surface area contributed by atoms with E-state index in [0.29, 0.717) is 13.0 Å². The molecular formula is C11H23F2N3O. The van der Waals surface area contributed by atoms with E-state index in [2.05, 4.69) is 5.32 Å². The zero-order valence-electron chi connectivity index (χ0n) is 11.0. The Morgan fingerprint density at radius 2 is 2.06 bits per heavy atom. The molecule has 102 valence electrons. The van der Waals surface area contributed by atoms with Crippen molar-refractivity contribution in [1.82, 2.24) is 10.2 Å². The van der Waals surface area contributed by atoms with Crippen LogP contribution in [0, 0.1) is 0 Å². The highest BCUT2D eigenvalue weighted by Crippen LogP contribution is 2.16. The van der Waals surface area contributed by atoms with Gasteiger partial charge in [0, 0.05) is 6.04 Å². The third-order valence-electron chi connectivity index (χ3n) is 2.99. The fraction of sp³-hybridized carbons (Fsp3) is 0.909. The quantitative estimate of drug-likeness (QED) is 0.671. The lowest BCUT2D eigenvalue weighted by molar-refractivity contribution is -0.124. The number of likely N-dealkylation sites (N-methyl/N-ethyl adjacent to an activating group) is 1. The average molecular weight is 251 g/mol. The Kier molecular flexibility index (Phi) is 6.56. The molecule has 0 saturated carbocycles. The Bertz CT molecular complexity index is 251. The Balaban J connectivity index is 4.50. The first-order valence-electron chi connectivity index (χ1n) is 5.76. The predicted molar refractivity (Wildman–Crippen MR) is 64.0 cm³/mol. The van der Waals surface area contributed by atoms with Crippen LogP contribution >= 0.6 is 0 Å². The molecule has 0 bridgehead atoms. The average Bonchev–Trinajstić information content (AvgIpc) is 2.16. The molecule has 0 aliphatic carbocycles. The molecule has 0 heterocycles. The summed E-state index contributed by atoms with van der Waals surface area (Å²) in [6, 6.07) is -0.152. The van der Waals surface area contributed by atoms with Crippen LogP contribution in [0.25, 0.3) is 0 Å². The number of carbonyl (C=O) groups excluding carboxylic acids is 1. The highest BCUT2D eigenvalue weighted by Gasteiger charge is 2.33. The van der Waals surface area contributed by atoms with Crippen molar-refractivity contribution in [1.29, 1.82) is 0 Å². The number of amides is 1. The fourth-order valence-electron chi connectivity index (χ4n) is 1.79. The van der Waals surface area contributed by atoms with Crippen molar-refractivity contribution in [2.75, 3.05) is 20.1 Å². The van der Waals surface area contributed by atoms with Crippen molar-refractivity contribution in [2.24, 2.45) is 5.73 Å². The van der Waals surface area contributed by atoms with Crippen molar-refractivity contribution in [3.8, 4) is 0 Å². The van der Waals surface area contributed by atoms with Crippen molar-refractivity contribution >= 4 is 5.91 Å². The molecule has 0 aliphatic heterocycles. The number of rotatable bonds is 8. The van der Waals surface area contributed by atoms with Gasteiger partial charge in [0.05, 0.1) is 12.1 Å². The number of nitrogens with one attached hydrogen (secondary N) is 1. The summed E-state index contributed by atoms with van der Waals surface area (Å²) in [5.74, 6) is -0.461. The van der Waals surface area contributed by atoms with Crippen LogP contribution in [-0.2, 0) is 4.79 Å². The van der Waals surface area contributed by atoms with Crippen LogP contribution in [0.2, 0.25) is 0 Å². The van der Waals surface area contributed by atoms with Crippen molar-refractivity contribution < 1.29 is 13.6 Å². The van der Waals surface area contributed by atoms with Gasteiger partial charge in [-0.2, -0.15) is 0 Å². The molecule has 1 amide bonds. The first kappa shape index (κ1) is 16.2. The smallest absolute Gasteiger partial charge is 0.251 e. The number of nitrogens with zero attached hydrogens (tertiary/aromatic N) is 1. The molecule has 17 heavy (non-hydrogen) atoms. The van der Waals surface area contributed by atoms with Crippen LogP contribution < -0.4 is 11.1 Å². The summed E-state index contributed by atoms with van der Waals surface area (Å²) in [4.78, 5) is 12.9. The van der Waals surface area contributed by atoms with Gasteiger partial charge in [0.1, 0.15) is 0 Å². The van der Waals surface area contributed by atoms with E-state index in [1.165, 1.54) is 4.90 Å². The number of halogens is 2. The van der Waals surface area contributed by atoms with E-state index in [1.807, 2.05) is 6.92 Å². The maximum Gasteiger partial charge on any atom is 0.251 e. The van der Waals surface area contributed by atoms with E-state index < -0.39 is 17.9 Å². The normalized spacial score (nSPS) is 17.2. The fourth-order valence-corrected chi connectivity index (χ4v) is 1.79. The minimum absolute atomic E-state index is 0.152. The number of primary amides is 1. The van der Waals surface area contributed by atoms with Crippen LogP contribution in [-0.4, -0.2) is 49.0 Å². The van der Waals surface area contributed by atoms with Gasteiger partial charge >= 0.3 is 0 Å². The first-order valence-corrected chi connectivity index (χ1v) is 5.76. The molecule has 0 rings (SSSR count). The van der Waals surface area contributed by atoms with Gasteiger partial charge in [-0.3, -0.25) is 9.69 Å². The van der Waals surface area contributed by atoms with E-state index in [1.54, 1.807) is 20.9 Å². The molecule has 0 saturated heterocycles. The minimum Gasteiger partial charge on any atom is -0.368 e. The summed E-state index contributed by atoms with van der Waals surface area (Å²) in [6.07, 6.45) is -1.97. The monoisotopic (exact) mass is 251 g/mol. The molecule has 0 aromatic heterocycles. The van der Waals surface area contributed by atoms with Crippen molar-refractivity contribution in [3.63, 3.8) is 0 Å². The zero-order valence-corrected chi connectivity index (χ0v) is 11.0. The summed E-state index contributed by atoms with van der Waals surface area (Å²) in [7, 11) is 1.62. The molecule has 2 unspecified atom stereocenters. The van der Waals surface area contributed by atoms with Gasteiger partial charge in [-0.1, -0.05) is 6.92 Å². The largest absolute Gasteiger partial charge is 0.368 e. The lowest BCUT2D eigenvalue weighted by Gasteiger charge is -2.33. The Morgan fingerprint density at radius 1 is 1.53 bits per heavy atom. The van der Waals surface area contributed by atoms with E-state index in [0.717, 1.165) is 0 Å². The lowest BCUT2D eigenvalue weighted by atomic mass is 9.92. The lowest BCUT2D eigenvalue weighted by Crippen LogP contribution is -2.56. The Hall–Kier alpha value is -0.750. The predicted octanol–water partition coefficient (Wildman–Crippen LogP) is 0.815. The van der Waals surface area contributed by atoms with Crippen LogP contribution in [0.4, 0.5) is 8.78 Å². The van der Waals surface area contributed by atoms with Gasteiger partial charge in [-0.15, -0.1) is 0 Å². The number of nitrogens with two attached hydrogens (primary N) is 1. The third-order valence-corrected chi connectivity index (χ3v) is 2.99. The number of hydrogen-bond acceptors (Lipinski definition) is 3. The maximum atomic E-state index is 12.2. The van der Waals surface area contributed by atoms with Crippen molar-refractivity contribution in [3.05, 3.63) is 0 Å². The molecule has 0 aromatic carbocycles. The van der Waals surface area contributed by atoms with Crippen LogP contribution in [0.3, 0.4) is 0 Å². The van der Waals surface area contributed by atoms with Crippen LogP contribution in [0.5, 0.6) is 0 Å². The maximum absolute atomic E-state index is 12.2. The van der Waals surface area contributed by atoms with Gasteiger partial charge in [0.15, 0.2) is 0 Å². The topological polar surface area (TPSA) is 58.4 Å². The van der Waals surface area contributed by atoms with Gasteiger partial charge in [0.2, 0.25) is 5.91 Å². The molecular weight excluding hydrogens is 228 g/mol. The molecule has 6 heteroatoms. The second-order valence-electron chi connectivity index (χ2n) is 4.61. The van der Waals surface area contributed by atoms with Gasteiger partial charge < -0.3 is 11.1 Å². The molecule has 0 aromatic rings. The summed E-state index contributed by atoms with van der Waals surface area (Å²) in [5, 5.41) is 3.01. The molecule has 0 aliphatic rings. The van der Waals surface area contributed by atoms with Gasteiger partial charge in [-0.05, 0) is 33.9 Å². The summed E-state index contributed by atoms with van der Waals surface area (Å²) >= 11 is 0. The molecule has 3 N–H and O–H groups in total.